The summed E-state index contributed by atoms with van der Waals surface area (Å²) in [6.07, 6.45) is 4.01. The summed E-state index contributed by atoms with van der Waals surface area (Å²) in [4.78, 5) is 2.65. The van der Waals surface area contributed by atoms with Gasteiger partial charge in [0, 0.05) is 5.69 Å². The van der Waals surface area contributed by atoms with Crippen molar-refractivity contribution >= 4 is 5.69 Å². The Kier molecular flexibility index (Phi) is 5.47. The third-order valence-electron chi connectivity index (χ3n) is 4.96. The van der Waals surface area contributed by atoms with Crippen molar-refractivity contribution in [2.45, 2.75) is 46.0 Å². The summed E-state index contributed by atoms with van der Waals surface area (Å²) in [6.45, 7) is 10.9. The maximum absolute atomic E-state index is 5.75. The predicted molar refractivity (Wildman–Crippen MR) is 87.9 cm³/mol. The first kappa shape index (κ1) is 15.4. The van der Waals surface area contributed by atoms with Crippen LogP contribution in [0.5, 0.6) is 0 Å². The first-order valence-electron chi connectivity index (χ1n) is 8.14. The van der Waals surface area contributed by atoms with Gasteiger partial charge >= 0.3 is 0 Å². The molecule has 0 amide bonds. The lowest BCUT2D eigenvalue weighted by Gasteiger charge is -2.34. The van der Waals surface area contributed by atoms with Gasteiger partial charge in [-0.15, -0.1) is 0 Å². The van der Waals surface area contributed by atoms with Gasteiger partial charge in [0.15, 0.2) is 0 Å². The van der Waals surface area contributed by atoms with Crippen molar-refractivity contribution in [1.29, 1.82) is 0 Å². The molecule has 20 heavy (non-hydrogen) atoms. The van der Waals surface area contributed by atoms with Crippen LogP contribution in [0.4, 0.5) is 5.69 Å². The number of anilines is 1. The van der Waals surface area contributed by atoms with E-state index in [4.69, 9.17) is 5.73 Å². The zero-order valence-corrected chi connectivity index (χ0v) is 13.3. The van der Waals surface area contributed by atoms with Gasteiger partial charge in [0.1, 0.15) is 0 Å². The lowest BCUT2D eigenvalue weighted by molar-refractivity contribution is 0.154. The minimum Gasteiger partial charge on any atom is -0.399 e. The van der Waals surface area contributed by atoms with Crippen molar-refractivity contribution in [3.05, 3.63) is 29.8 Å². The van der Waals surface area contributed by atoms with Gasteiger partial charge in [-0.2, -0.15) is 0 Å². The van der Waals surface area contributed by atoms with Crippen LogP contribution in [-0.4, -0.2) is 24.5 Å². The summed E-state index contributed by atoms with van der Waals surface area (Å²) in [5, 5.41) is 0. The van der Waals surface area contributed by atoms with Gasteiger partial charge in [-0.1, -0.05) is 32.9 Å². The lowest BCUT2D eigenvalue weighted by atomic mass is 9.86. The average Bonchev–Trinajstić information content (AvgIpc) is 2.46. The highest BCUT2D eigenvalue weighted by Gasteiger charge is 2.21. The highest BCUT2D eigenvalue weighted by Crippen LogP contribution is 2.26. The van der Waals surface area contributed by atoms with E-state index < -0.39 is 0 Å². The van der Waals surface area contributed by atoms with Crippen molar-refractivity contribution in [3.63, 3.8) is 0 Å². The Labute approximate surface area is 124 Å². The summed E-state index contributed by atoms with van der Waals surface area (Å²) < 4.78 is 0. The monoisotopic (exact) mass is 274 g/mol. The minimum atomic E-state index is 0.624. The van der Waals surface area contributed by atoms with Gasteiger partial charge in [0.2, 0.25) is 0 Å². The van der Waals surface area contributed by atoms with Crippen LogP contribution in [0.2, 0.25) is 0 Å². The van der Waals surface area contributed by atoms with Gasteiger partial charge in [0.25, 0.3) is 0 Å². The van der Waals surface area contributed by atoms with Crippen molar-refractivity contribution in [3.8, 4) is 0 Å². The molecule has 1 fully saturated rings. The molecule has 2 heteroatoms. The Morgan fingerprint density at radius 2 is 1.70 bits per heavy atom. The second kappa shape index (κ2) is 7.12. The quantitative estimate of drug-likeness (QED) is 0.818. The van der Waals surface area contributed by atoms with Gasteiger partial charge in [-0.05, 0) is 74.3 Å². The van der Waals surface area contributed by atoms with Crippen molar-refractivity contribution in [2.24, 2.45) is 11.8 Å². The maximum Gasteiger partial charge on any atom is 0.0314 e. The molecule has 1 aromatic rings. The van der Waals surface area contributed by atoms with Crippen LogP contribution in [0.25, 0.3) is 0 Å². The highest BCUT2D eigenvalue weighted by molar-refractivity contribution is 5.40. The predicted octanol–water partition coefficient (Wildman–Crippen LogP) is 4.13. The molecule has 1 atom stereocenters. The first-order chi connectivity index (χ1) is 9.56. The molecule has 1 unspecified atom stereocenters. The van der Waals surface area contributed by atoms with E-state index in [9.17, 15) is 0 Å². The fourth-order valence-electron chi connectivity index (χ4n) is 3.21. The van der Waals surface area contributed by atoms with Crippen LogP contribution < -0.4 is 5.73 Å². The summed E-state index contributed by atoms with van der Waals surface area (Å²) in [5.74, 6) is 2.42. The normalized spacial score (nSPS) is 19.4. The Hall–Kier alpha value is -1.02. The molecular formula is C18H30N2. The Morgan fingerprint density at radius 1 is 1.10 bits per heavy atom. The standard InChI is InChI=1S/C18H30N2/c1-14(2)16-9-12-20(13-10-16)11-8-15(3)17-4-6-18(19)7-5-17/h4-7,14-16H,8-13,19H2,1-3H3. The molecule has 0 aliphatic carbocycles. The van der Waals surface area contributed by atoms with Crippen LogP contribution >= 0.6 is 0 Å². The molecule has 0 bridgehead atoms. The second-order valence-corrected chi connectivity index (χ2v) is 6.78. The fourth-order valence-corrected chi connectivity index (χ4v) is 3.21. The Balaban J connectivity index is 1.74. The van der Waals surface area contributed by atoms with Gasteiger partial charge in [0.05, 0.1) is 0 Å². The van der Waals surface area contributed by atoms with Gasteiger partial charge in [-0.3, -0.25) is 0 Å². The molecule has 0 saturated carbocycles. The number of rotatable bonds is 5. The summed E-state index contributed by atoms with van der Waals surface area (Å²) >= 11 is 0. The van der Waals surface area contributed by atoms with E-state index in [2.05, 4.69) is 37.8 Å². The molecule has 2 N–H and O–H groups in total. The molecule has 0 aromatic heterocycles. The maximum atomic E-state index is 5.75. The summed E-state index contributed by atoms with van der Waals surface area (Å²) in [5.41, 5.74) is 8.02. The van der Waals surface area contributed by atoms with Crippen LogP contribution in [0.1, 0.15) is 51.5 Å². The van der Waals surface area contributed by atoms with Crippen LogP contribution in [0.15, 0.2) is 24.3 Å². The van der Waals surface area contributed by atoms with E-state index in [1.807, 2.05) is 12.1 Å². The van der Waals surface area contributed by atoms with E-state index in [0.717, 1.165) is 17.5 Å². The lowest BCUT2D eigenvalue weighted by Crippen LogP contribution is -2.36. The number of hydrogen-bond acceptors (Lipinski definition) is 2. The largest absolute Gasteiger partial charge is 0.399 e. The molecule has 1 saturated heterocycles. The van der Waals surface area contributed by atoms with Crippen molar-refractivity contribution in [2.75, 3.05) is 25.4 Å². The Morgan fingerprint density at radius 3 is 2.25 bits per heavy atom. The number of nitrogen functional groups attached to an aromatic ring is 1. The third kappa shape index (κ3) is 4.24. The van der Waals surface area contributed by atoms with Crippen molar-refractivity contribution in [1.82, 2.24) is 4.90 Å². The highest BCUT2D eigenvalue weighted by atomic mass is 15.1. The van der Waals surface area contributed by atoms with E-state index in [0.29, 0.717) is 5.92 Å². The van der Waals surface area contributed by atoms with Crippen molar-refractivity contribution < 1.29 is 0 Å². The fraction of sp³-hybridized carbons (Fsp3) is 0.667. The first-order valence-corrected chi connectivity index (χ1v) is 8.14. The molecule has 0 spiro atoms. The third-order valence-corrected chi connectivity index (χ3v) is 4.96. The molecule has 112 valence electrons. The van der Waals surface area contributed by atoms with Crippen LogP contribution in [-0.2, 0) is 0 Å². The number of nitrogens with two attached hydrogens (primary N) is 1. The average molecular weight is 274 g/mol. The van der Waals surface area contributed by atoms with E-state index in [1.165, 1.54) is 44.5 Å². The molecule has 2 rings (SSSR count). The summed E-state index contributed by atoms with van der Waals surface area (Å²) in [6, 6.07) is 8.37. The zero-order chi connectivity index (χ0) is 14.5. The molecule has 1 aromatic carbocycles. The molecule has 1 aliphatic rings. The summed E-state index contributed by atoms with van der Waals surface area (Å²) in [7, 11) is 0. The molecule has 2 nitrogen and oxygen atoms in total. The number of nitrogens with zero attached hydrogens (tertiary/aromatic N) is 1. The van der Waals surface area contributed by atoms with Gasteiger partial charge < -0.3 is 10.6 Å². The number of hydrogen-bond donors (Lipinski definition) is 1. The minimum absolute atomic E-state index is 0.624. The van der Waals surface area contributed by atoms with Crippen LogP contribution in [0.3, 0.4) is 0 Å². The number of piperidine rings is 1. The van der Waals surface area contributed by atoms with E-state index in [-0.39, 0.29) is 0 Å². The van der Waals surface area contributed by atoms with E-state index in [1.54, 1.807) is 0 Å². The molecule has 0 radical (unpaired) electrons. The second-order valence-electron chi connectivity index (χ2n) is 6.78. The SMILES string of the molecule is CC(CCN1CCC(C(C)C)CC1)c1ccc(N)cc1. The number of benzene rings is 1. The molecular weight excluding hydrogens is 244 g/mol. The Bertz CT molecular complexity index is 388. The van der Waals surface area contributed by atoms with E-state index >= 15 is 0 Å². The number of likely N-dealkylation sites (tertiary alicyclic amines) is 1. The van der Waals surface area contributed by atoms with Crippen LogP contribution in [0, 0.1) is 11.8 Å². The zero-order valence-electron chi connectivity index (χ0n) is 13.3. The molecule has 1 aliphatic heterocycles. The smallest absolute Gasteiger partial charge is 0.0314 e. The van der Waals surface area contributed by atoms with Gasteiger partial charge in [-0.25, -0.2) is 0 Å². The molecule has 1 heterocycles. The topological polar surface area (TPSA) is 29.3 Å².